The summed E-state index contributed by atoms with van der Waals surface area (Å²) in [6.07, 6.45) is 0. The first-order valence-electron chi connectivity index (χ1n) is 8.35. The molecule has 3 N–H and O–H groups in total. The Labute approximate surface area is 149 Å². The highest BCUT2D eigenvalue weighted by atomic mass is 16.5. The first-order chi connectivity index (χ1) is 11.8. The van der Waals surface area contributed by atoms with Crippen LogP contribution < -0.4 is 25.4 Å². The predicted molar refractivity (Wildman–Crippen MR) is 96.9 cm³/mol. The van der Waals surface area contributed by atoms with Gasteiger partial charge in [0, 0.05) is 12.6 Å². The van der Waals surface area contributed by atoms with Crippen molar-refractivity contribution in [3.8, 4) is 11.5 Å². The lowest BCUT2D eigenvalue weighted by Gasteiger charge is -2.21. The van der Waals surface area contributed by atoms with Crippen molar-refractivity contribution >= 4 is 11.9 Å². The summed E-state index contributed by atoms with van der Waals surface area (Å²) >= 11 is 0. The monoisotopic (exact) mass is 351 g/mol. The van der Waals surface area contributed by atoms with E-state index >= 15 is 0 Å². The van der Waals surface area contributed by atoms with E-state index in [0.717, 1.165) is 5.56 Å². The molecule has 0 radical (unpaired) electrons. The summed E-state index contributed by atoms with van der Waals surface area (Å²) in [7, 11) is 3.15. The van der Waals surface area contributed by atoms with Crippen LogP contribution in [0.3, 0.4) is 0 Å². The molecule has 0 aliphatic carbocycles. The molecule has 0 aliphatic heterocycles. The average molecular weight is 351 g/mol. The molecule has 0 heterocycles. The molecule has 1 aromatic carbocycles. The highest BCUT2D eigenvalue weighted by Gasteiger charge is 2.19. The number of carbonyl (C=O) groups is 2. The Bertz CT molecular complexity index is 590. The van der Waals surface area contributed by atoms with E-state index in [-0.39, 0.29) is 11.9 Å². The number of imide groups is 1. The molecular formula is C18H29N3O4. The van der Waals surface area contributed by atoms with Crippen LogP contribution in [0.5, 0.6) is 11.5 Å². The predicted octanol–water partition coefficient (Wildman–Crippen LogP) is 2.22. The zero-order valence-corrected chi connectivity index (χ0v) is 15.8. The number of carbonyl (C=O) groups excluding carboxylic acids is 2. The van der Waals surface area contributed by atoms with E-state index in [2.05, 4.69) is 16.0 Å². The highest BCUT2D eigenvalue weighted by Crippen LogP contribution is 2.29. The van der Waals surface area contributed by atoms with Crippen molar-refractivity contribution < 1.29 is 19.1 Å². The van der Waals surface area contributed by atoms with E-state index in [1.165, 1.54) is 0 Å². The Hall–Kier alpha value is -2.28. The second-order valence-corrected chi connectivity index (χ2v) is 6.32. The summed E-state index contributed by atoms with van der Waals surface area (Å²) in [6.45, 7) is 8.13. The molecule has 3 amide bonds. The van der Waals surface area contributed by atoms with E-state index < -0.39 is 12.1 Å². The second-order valence-electron chi connectivity index (χ2n) is 6.32. The number of rotatable bonds is 8. The minimum absolute atomic E-state index is 0.112. The number of benzene rings is 1. The summed E-state index contributed by atoms with van der Waals surface area (Å²) in [5.74, 6) is 1.21. The Kier molecular flexibility index (Phi) is 8.21. The lowest BCUT2D eigenvalue weighted by atomic mass is 10.1. The Morgan fingerprint density at radius 1 is 1.04 bits per heavy atom. The van der Waals surface area contributed by atoms with Gasteiger partial charge in [-0.2, -0.15) is 0 Å². The van der Waals surface area contributed by atoms with Crippen LogP contribution in [0.4, 0.5) is 4.79 Å². The summed E-state index contributed by atoms with van der Waals surface area (Å²) in [5, 5.41) is 8.15. The Morgan fingerprint density at radius 2 is 1.68 bits per heavy atom. The normalized spacial score (nSPS) is 13.1. The third kappa shape index (κ3) is 6.62. The van der Waals surface area contributed by atoms with Gasteiger partial charge >= 0.3 is 6.03 Å². The fraction of sp³-hybridized carbons (Fsp3) is 0.556. The number of nitrogens with one attached hydrogen (secondary N) is 3. The maximum Gasteiger partial charge on any atom is 0.321 e. The van der Waals surface area contributed by atoms with Crippen LogP contribution in [0.2, 0.25) is 0 Å². The van der Waals surface area contributed by atoms with E-state index in [0.29, 0.717) is 24.0 Å². The first-order valence-corrected chi connectivity index (χ1v) is 8.35. The van der Waals surface area contributed by atoms with Crippen LogP contribution in [0.1, 0.15) is 39.3 Å². The third-order valence-electron chi connectivity index (χ3n) is 3.71. The van der Waals surface area contributed by atoms with Gasteiger partial charge in [0.25, 0.3) is 0 Å². The summed E-state index contributed by atoms with van der Waals surface area (Å²) < 4.78 is 10.5. The van der Waals surface area contributed by atoms with Gasteiger partial charge in [0.15, 0.2) is 11.5 Å². The van der Waals surface area contributed by atoms with Crippen LogP contribution in [0.15, 0.2) is 18.2 Å². The van der Waals surface area contributed by atoms with Crippen molar-refractivity contribution in [2.24, 2.45) is 5.92 Å². The lowest BCUT2D eigenvalue weighted by molar-refractivity contribution is -0.121. The van der Waals surface area contributed by atoms with Crippen LogP contribution in [-0.4, -0.2) is 38.7 Å². The molecule has 0 saturated carbocycles. The quantitative estimate of drug-likeness (QED) is 0.668. The molecule has 25 heavy (non-hydrogen) atoms. The van der Waals surface area contributed by atoms with E-state index in [9.17, 15) is 9.59 Å². The molecule has 0 unspecified atom stereocenters. The van der Waals surface area contributed by atoms with Crippen molar-refractivity contribution in [3.05, 3.63) is 23.8 Å². The largest absolute Gasteiger partial charge is 0.493 e. The average Bonchev–Trinajstić information content (AvgIpc) is 2.58. The van der Waals surface area contributed by atoms with Crippen molar-refractivity contribution in [2.45, 2.75) is 39.8 Å². The summed E-state index contributed by atoms with van der Waals surface area (Å²) in [4.78, 5) is 23.8. The van der Waals surface area contributed by atoms with E-state index in [4.69, 9.17) is 9.47 Å². The van der Waals surface area contributed by atoms with Crippen molar-refractivity contribution in [3.63, 3.8) is 0 Å². The standard InChI is InChI=1S/C18H29N3O4/c1-11(2)10-19-18(23)21-17(22)13(4)20-12(3)14-7-8-15(24-5)16(9-14)25-6/h7-9,11-13,20H,10H2,1-6H3,(H2,19,21,22,23)/t12-,13+/m1/s1. The zero-order chi connectivity index (χ0) is 19.0. The molecule has 7 nitrogen and oxygen atoms in total. The van der Waals surface area contributed by atoms with Gasteiger partial charge in [-0.25, -0.2) is 4.79 Å². The van der Waals surface area contributed by atoms with Gasteiger partial charge in [-0.05, 0) is 37.5 Å². The third-order valence-corrected chi connectivity index (χ3v) is 3.71. The van der Waals surface area contributed by atoms with Gasteiger partial charge in [-0.1, -0.05) is 19.9 Å². The number of hydrogen-bond acceptors (Lipinski definition) is 5. The molecule has 0 aromatic heterocycles. The fourth-order valence-corrected chi connectivity index (χ4v) is 2.23. The highest BCUT2D eigenvalue weighted by molar-refractivity contribution is 5.96. The second kappa shape index (κ2) is 9.88. The molecular weight excluding hydrogens is 322 g/mol. The van der Waals surface area contributed by atoms with Gasteiger partial charge in [-0.15, -0.1) is 0 Å². The molecule has 1 rings (SSSR count). The summed E-state index contributed by atoms with van der Waals surface area (Å²) in [6, 6.07) is 4.45. The van der Waals surface area contributed by atoms with Gasteiger partial charge in [-0.3, -0.25) is 15.4 Å². The van der Waals surface area contributed by atoms with Crippen molar-refractivity contribution in [2.75, 3.05) is 20.8 Å². The topological polar surface area (TPSA) is 88.7 Å². The number of urea groups is 1. The number of amides is 3. The maximum atomic E-state index is 12.1. The van der Waals surface area contributed by atoms with E-state index in [1.807, 2.05) is 39.0 Å². The summed E-state index contributed by atoms with van der Waals surface area (Å²) in [5.41, 5.74) is 0.946. The molecule has 1 aromatic rings. The Morgan fingerprint density at radius 3 is 2.24 bits per heavy atom. The fourth-order valence-electron chi connectivity index (χ4n) is 2.23. The molecule has 140 valence electrons. The molecule has 2 atom stereocenters. The van der Waals surface area contributed by atoms with Gasteiger partial charge in [0.05, 0.1) is 20.3 Å². The van der Waals surface area contributed by atoms with Gasteiger partial charge in [0.2, 0.25) is 5.91 Å². The van der Waals surface area contributed by atoms with Gasteiger partial charge < -0.3 is 14.8 Å². The van der Waals surface area contributed by atoms with Crippen molar-refractivity contribution in [1.82, 2.24) is 16.0 Å². The maximum absolute atomic E-state index is 12.1. The molecule has 0 fully saturated rings. The minimum Gasteiger partial charge on any atom is -0.493 e. The molecule has 7 heteroatoms. The minimum atomic E-state index is -0.534. The SMILES string of the molecule is COc1ccc([C@@H](C)N[C@@H](C)C(=O)NC(=O)NCC(C)C)cc1OC. The molecule has 0 aliphatic rings. The number of ether oxygens (including phenoxy) is 2. The Balaban J connectivity index is 2.62. The number of hydrogen-bond donors (Lipinski definition) is 3. The molecule has 0 bridgehead atoms. The zero-order valence-electron chi connectivity index (χ0n) is 15.8. The van der Waals surface area contributed by atoms with Crippen LogP contribution >= 0.6 is 0 Å². The lowest BCUT2D eigenvalue weighted by Crippen LogP contribution is -2.49. The van der Waals surface area contributed by atoms with E-state index in [1.54, 1.807) is 21.1 Å². The van der Waals surface area contributed by atoms with Crippen LogP contribution in [0, 0.1) is 5.92 Å². The van der Waals surface area contributed by atoms with Crippen LogP contribution in [0.25, 0.3) is 0 Å². The number of methoxy groups -OCH3 is 2. The van der Waals surface area contributed by atoms with Crippen molar-refractivity contribution in [1.29, 1.82) is 0 Å². The first kappa shape index (κ1) is 20.8. The smallest absolute Gasteiger partial charge is 0.321 e. The van der Waals surface area contributed by atoms with Gasteiger partial charge in [0.1, 0.15) is 0 Å². The molecule has 0 saturated heterocycles. The van der Waals surface area contributed by atoms with Crippen LogP contribution in [-0.2, 0) is 4.79 Å². The molecule has 0 spiro atoms.